The maximum atomic E-state index is 13.9. The molecule has 0 saturated heterocycles. The predicted octanol–water partition coefficient (Wildman–Crippen LogP) is 4.12. The molecular formula is C11H20F4O. The summed E-state index contributed by atoms with van der Waals surface area (Å²) in [6, 6.07) is 0. The van der Waals surface area contributed by atoms with Crippen LogP contribution in [-0.4, -0.2) is 25.1 Å². The third-order valence-electron chi connectivity index (χ3n) is 2.82. The molecule has 0 bridgehead atoms. The molecule has 98 valence electrons. The molecule has 0 spiro atoms. The van der Waals surface area contributed by atoms with E-state index in [0.717, 1.165) is 6.42 Å². The maximum absolute atomic E-state index is 13.9. The molecule has 1 nitrogen and oxygen atoms in total. The summed E-state index contributed by atoms with van der Waals surface area (Å²) in [4.78, 5) is 0. The second kappa shape index (κ2) is 6.42. The second-order valence-corrected chi connectivity index (χ2v) is 4.08. The summed E-state index contributed by atoms with van der Waals surface area (Å²) < 4.78 is 56.5. The van der Waals surface area contributed by atoms with Crippen LogP contribution in [0.2, 0.25) is 0 Å². The van der Waals surface area contributed by atoms with Crippen LogP contribution in [0.5, 0.6) is 0 Å². The van der Waals surface area contributed by atoms with Crippen molar-refractivity contribution in [3.63, 3.8) is 0 Å². The molecule has 5 heteroatoms. The third kappa shape index (κ3) is 3.92. The van der Waals surface area contributed by atoms with Gasteiger partial charge in [-0.05, 0) is 6.42 Å². The first kappa shape index (κ1) is 15.7. The molecule has 0 amide bonds. The summed E-state index contributed by atoms with van der Waals surface area (Å²) in [5.41, 5.74) is -3.23. The van der Waals surface area contributed by atoms with Crippen molar-refractivity contribution in [3.05, 3.63) is 0 Å². The Balaban J connectivity index is 4.44. The molecule has 0 aromatic carbocycles. The van der Waals surface area contributed by atoms with E-state index in [1.807, 2.05) is 6.92 Å². The van der Waals surface area contributed by atoms with Gasteiger partial charge in [0.2, 0.25) is 5.67 Å². The number of hydrogen-bond acceptors (Lipinski definition) is 1. The fourth-order valence-corrected chi connectivity index (χ4v) is 1.29. The quantitative estimate of drug-likeness (QED) is 0.483. The van der Waals surface area contributed by atoms with Crippen molar-refractivity contribution in [2.75, 3.05) is 13.2 Å². The molecule has 0 radical (unpaired) electrons. The molecule has 0 heterocycles. The van der Waals surface area contributed by atoms with Crippen LogP contribution in [0.1, 0.15) is 40.0 Å². The van der Waals surface area contributed by atoms with E-state index in [2.05, 4.69) is 0 Å². The van der Waals surface area contributed by atoms with Gasteiger partial charge in [-0.2, -0.15) is 13.2 Å². The predicted molar refractivity (Wildman–Crippen MR) is 55.1 cm³/mol. The van der Waals surface area contributed by atoms with Crippen molar-refractivity contribution in [2.24, 2.45) is 5.92 Å². The summed E-state index contributed by atoms with van der Waals surface area (Å²) in [6.07, 6.45) is -3.27. The molecule has 0 aromatic rings. The van der Waals surface area contributed by atoms with E-state index >= 15 is 0 Å². The molecule has 0 aliphatic carbocycles. The lowest BCUT2D eigenvalue weighted by Gasteiger charge is -2.32. The van der Waals surface area contributed by atoms with Crippen molar-refractivity contribution < 1.29 is 22.3 Å². The Labute approximate surface area is 94.2 Å². The van der Waals surface area contributed by atoms with Crippen LogP contribution in [0.3, 0.4) is 0 Å². The largest absolute Gasteiger partial charge is 0.425 e. The SMILES string of the molecule is CCCCOCC(F)(C(C)CC)C(F)(F)F. The van der Waals surface area contributed by atoms with Crippen molar-refractivity contribution in [2.45, 2.75) is 51.9 Å². The zero-order chi connectivity index (χ0) is 12.8. The minimum Gasteiger partial charge on any atom is -0.378 e. The molecule has 0 aliphatic heterocycles. The Morgan fingerprint density at radius 2 is 1.69 bits per heavy atom. The first-order valence-corrected chi connectivity index (χ1v) is 5.63. The van der Waals surface area contributed by atoms with Crippen LogP contribution in [-0.2, 0) is 4.74 Å². The van der Waals surface area contributed by atoms with Gasteiger partial charge in [0.15, 0.2) is 0 Å². The van der Waals surface area contributed by atoms with Gasteiger partial charge < -0.3 is 4.74 Å². The van der Waals surface area contributed by atoms with E-state index in [0.29, 0.717) is 6.42 Å². The van der Waals surface area contributed by atoms with Gasteiger partial charge in [-0.1, -0.05) is 33.6 Å². The standard InChI is InChI=1S/C11H20F4O/c1-4-6-7-16-8-10(12,9(3)5-2)11(13,14)15/h9H,4-8H2,1-3H3. The zero-order valence-corrected chi connectivity index (χ0v) is 10.0. The Hall–Kier alpha value is -0.320. The van der Waals surface area contributed by atoms with Gasteiger partial charge in [0, 0.05) is 12.5 Å². The van der Waals surface area contributed by atoms with E-state index in [1.165, 1.54) is 13.8 Å². The topological polar surface area (TPSA) is 9.23 Å². The van der Waals surface area contributed by atoms with Crippen LogP contribution in [0.15, 0.2) is 0 Å². The number of halogens is 4. The number of ether oxygens (including phenoxy) is 1. The van der Waals surface area contributed by atoms with Gasteiger partial charge in [0.1, 0.15) is 0 Å². The molecular weight excluding hydrogens is 224 g/mol. The smallest absolute Gasteiger partial charge is 0.378 e. The highest BCUT2D eigenvalue weighted by Crippen LogP contribution is 2.41. The monoisotopic (exact) mass is 244 g/mol. The Kier molecular flexibility index (Phi) is 6.30. The summed E-state index contributed by atoms with van der Waals surface area (Å²) in [5, 5.41) is 0. The van der Waals surface area contributed by atoms with Crippen molar-refractivity contribution >= 4 is 0 Å². The highest BCUT2D eigenvalue weighted by atomic mass is 19.4. The molecule has 0 aromatic heterocycles. The molecule has 0 fully saturated rings. The molecule has 2 atom stereocenters. The van der Waals surface area contributed by atoms with Crippen LogP contribution >= 0.6 is 0 Å². The number of rotatable bonds is 7. The average Bonchev–Trinajstić information content (AvgIpc) is 2.21. The fourth-order valence-electron chi connectivity index (χ4n) is 1.29. The van der Waals surface area contributed by atoms with E-state index < -0.39 is 24.4 Å². The second-order valence-electron chi connectivity index (χ2n) is 4.08. The van der Waals surface area contributed by atoms with Gasteiger partial charge in [-0.25, -0.2) is 4.39 Å². The van der Waals surface area contributed by atoms with Crippen LogP contribution in [0.25, 0.3) is 0 Å². The normalized spacial score (nSPS) is 18.2. The highest BCUT2D eigenvalue weighted by Gasteiger charge is 2.58. The molecule has 0 aliphatic rings. The number of unbranched alkanes of at least 4 members (excludes halogenated alkanes) is 1. The minimum absolute atomic E-state index is 0.132. The van der Waals surface area contributed by atoms with E-state index in [-0.39, 0.29) is 13.0 Å². The molecule has 0 N–H and O–H groups in total. The summed E-state index contributed by atoms with van der Waals surface area (Å²) in [6.45, 7) is 3.97. The molecule has 0 rings (SSSR count). The number of hydrogen-bond donors (Lipinski definition) is 0. The van der Waals surface area contributed by atoms with Gasteiger partial charge >= 0.3 is 6.18 Å². The molecule has 2 unspecified atom stereocenters. The van der Waals surface area contributed by atoms with Crippen molar-refractivity contribution in [1.82, 2.24) is 0 Å². The summed E-state index contributed by atoms with van der Waals surface area (Å²) in [7, 11) is 0. The third-order valence-corrected chi connectivity index (χ3v) is 2.82. The van der Waals surface area contributed by atoms with Gasteiger partial charge in [0.05, 0.1) is 6.61 Å². The van der Waals surface area contributed by atoms with E-state index in [9.17, 15) is 17.6 Å². The van der Waals surface area contributed by atoms with Gasteiger partial charge in [0.25, 0.3) is 0 Å². The lowest BCUT2D eigenvalue weighted by molar-refractivity contribution is -0.262. The maximum Gasteiger partial charge on any atom is 0.425 e. The molecule has 16 heavy (non-hydrogen) atoms. The van der Waals surface area contributed by atoms with Crippen LogP contribution in [0, 0.1) is 5.92 Å². The Morgan fingerprint density at radius 3 is 2.06 bits per heavy atom. The van der Waals surface area contributed by atoms with E-state index in [1.54, 1.807) is 0 Å². The van der Waals surface area contributed by atoms with Crippen molar-refractivity contribution in [1.29, 1.82) is 0 Å². The average molecular weight is 244 g/mol. The number of alkyl halides is 4. The van der Waals surface area contributed by atoms with Crippen molar-refractivity contribution in [3.8, 4) is 0 Å². The molecule has 0 saturated carbocycles. The fraction of sp³-hybridized carbons (Fsp3) is 1.00. The van der Waals surface area contributed by atoms with Gasteiger partial charge in [-0.15, -0.1) is 0 Å². The summed E-state index contributed by atoms with van der Waals surface area (Å²) in [5.74, 6) is -1.09. The minimum atomic E-state index is -4.87. The lowest BCUT2D eigenvalue weighted by atomic mass is 9.88. The Bertz CT molecular complexity index is 193. The first-order valence-electron chi connectivity index (χ1n) is 5.63. The van der Waals surface area contributed by atoms with Crippen LogP contribution < -0.4 is 0 Å². The summed E-state index contributed by atoms with van der Waals surface area (Å²) >= 11 is 0. The Morgan fingerprint density at radius 1 is 1.12 bits per heavy atom. The first-order chi connectivity index (χ1) is 7.29. The highest BCUT2D eigenvalue weighted by molar-refractivity contribution is 4.91. The van der Waals surface area contributed by atoms with E-state index in [4.69, 9.17) is 4.74 Å². The zero-order valence-electron chi connectivity index (χ0n) is 10.0. The van der Waals surface area contributed by atoms with Crippen LogP contribution in [0.4, 0.5) is 17.6 Å². The lowest BCUT2D eigenvalue weighted by Crippen LogP contribution is -2.50. The van der Waals surface area contributed by atoms with Gasteiger partial charge in [-0.3, -0.25) is 0 Å².